The summed E-state index contributed by atoms with van der Waals surface area (Å²) in [5.74, 6) is -0.980. The molecule has 0 aromatic carbocycles. The molecule has 4 heteroatoms. The molecule has 2 N–H and O–H groups in total. The van der Waals surface area contributed by atoms with Crippen LogP contribution in [-0.2, 0) is 9.59 Å². The summed E-state index contributed by atoms with van der Waals surface area (Å²) in [6, 6.07) is 0. The number of nitrogens with one attached hydrogen (secondary N) is 1. The number of rotatable bonds is 6. The van der Waals surface area contributed by atoms with Crippen LogP contribution in [0.4, 0.5) is 0 Å². The molecule has 14 heavy (non-hydrogen) atoms. The molecular weight excluding hydrogens is 182 g/mol. The first-order chi connectivity index (χ1) is 6.37. The summed E-state index contributed by atoms with van der Waals surface area (Å²) in [6.45, 7) is 7.05. The van der Waals surface area contributed by atoms with Crippen molar-refractivity contribution in [1.82, 2.24) is 5.32 Å². The quantitative estimate of drug-likeness (QED) is 0.634. The highest BCUT2D eigenvalue weighted by molar-refractivity contribution is 5.78. The Bertz CT molecular complexity index is 234. The Hall–Kier alpha value is -1.32. The van der Waals surface area contributed by atoms with Crippen LogP contribution in [0.1, 0.15) is 33.1 Å². The summed E-state index contributed by atoms with van der Waals surface area (Å²) in [6.07, 6.45) is 2.26. The highest BCUT2D eigenvalue weighted by Crippen LogP contribution is 2.11. The number of amides is 1. The Balaban J connectivity index is 3.99. The molecule has 0 fully saturated rings. The van der Waals surface area contributed by atoms with Gasteiger partial charge in [-0.15, -0.1) is 6.58 Å². The molecule has 0 rings (SSSR count). The maximum absolute atomic E-state index is 11.2. The van der Waals surface area contributed by atoms with Crippen LogP contribution in [-0.4, -0.2) is 22.5 Å². The molecule has 0 aliphatic heterocycles. The molecule has 4 nitrogen and oxygen atoms in total. The van der Waals surface area contributed by atoms with Crippen molar-refractivity contribution in [3.8, 4) is 0 Å². The van der Waals surface area contributed by atoms with Gasteiger partial charge in [-0.3, -0.25) is 9.59 Å². The Labute approximate surface area is 84.0 Å². The van der Waals surface area contributed by atoms with Gasteiger partial charge in [0, 0.05) is 18.4 Å². The van der Waals surface area contributed by atoms with Gasteiger partial charge < -0.3 is 10.4 Å². The van der Waals surface area contributed by atoms with Gasteiger partial charge in [0.05, 0.1) is 0 Å². The van der Waals surface area contributed by atoms with Gasteiger partial charge in [0.15, 0.2) is 0 Å². The van der Waals surface area contributed by atoms with Gasteiger partial charge in [-0.2, -0.15) is 0 Å². The molecular formula is C10H17NO3. The number of carboxylic acids is 1. The second-order valence-corrected chi connectivity index (χ2v) is 3.82. The Morgan fingerprint density at radius 1 is 1.50 bits per heavy atom. The molecule has 0 heterocycles. The van der Waals surface area contributed by atoms with E-state index in [1.54, 1.807) is 13.8 Å². The van der Waals surface area contributed by atoms with E-state index in [1.807, 2.05) is 0 Å². The molecule has 0 aliphatic carbocycles. The summed E-state index contributed by atoms with van der Waals surface area (Å²) < 4.78 is 0. The summed E-state index contributed by atoms with van der Waals surface area (Å²) in [5, 5.41) is 11.2. The number of carbonyl (C=O) groups is 2. The van der Waals surface area contributed by atoms with E-state index in [0.29, 0.717) is 6.42 Å². The Morgan fingerprint density at radius 3 is 2.50 bits per heavy atom. The van der Waals surface area contributed by atoms with Crippen molar-refractivity contribution >= 4 is 11.9 Å². The topological polar surface area (TPSA) is 66.4 Å². The molecule has 0 radical (unpaired) electrons. The second-order valence-electron chi connectivity index (χ2n) is 3.82. The van der Waals surface area contributed by atoms with E-state index >= 15 is 0 Å². The molecule has 0 aromatic heterocycles. The maximum Gasteiger partial charge on any atom is 0.303 e. The molecule has 0 bridgehead atoms. The van der Waals surface area contributed by atoms with Gasteiger partial charge in [0.25, 0.3) is 0 Å². The lowest BCUT2D eigenvalue weighted by molar-refractivity contribution is -0.137. The number of aliphatic carboxylic acids is 1. The van der Waals surface area contributed by atoms with Gasteiger partial charge in [0.2, 0.25) is 5.91 Å². The van der Waals surface area contributed by atoms with E-state index in [4.69, 9.17) is 5.11 Å². The minimum absolute atomic E-state index is 0.0569. The van der Waals surface area contributed by atoms with Crippen molar-refractivity contribution in [1.29, 1.82) is 0 Å². The highest BCUT2D eigenvalue weighted by atomic mass is 16.4. The molecule has 0 spiro atoms. The fourth-order valence-electron chi connectivity index (χ4n) is 1.04. The Kier molecular flexibility index (Phi) is 4.91. The highest BCUT2D eigenvalue weighted by Gasteiger charge is 2.20. The van der Waals surface area contributed by atoms with Gasteiger partial charge in [-0.25, -0.2) is 0 Å². The minimum atomic E-state index is -0.851. The second kappa shape index (κ2) is 5.42. The lowest BCUT2D eigenvalue weighted by atomic mass is 9.98. The van der Waals surface area contributed by atoms with Crippen LogP contribution >= 0.6 is 0 Å². The van der Waals surface area contributed by atoms with Crippen LogP contribution in [0.3, 0.4) is 0 Å². The summed E-state index contributed by atoms with van der Waals surface area (Å²) in [4.78, 5) is 21.5. The fraction of sp³-hybridized carbons (Fsp3) is 0.600. The summed E-state index contributed by atoms with van der Waals surface area (Å²) in [7, 11) is 0. The van der Waals surface area contributed by atoms with Crippen molar-refractivity contribution in [3.63, 3.8) is 0 Å². The molecule has 0 aliphatic rings. The summed E-state index contributed by atoms with van der Waals surface area (Å²) >= 11 is 0. The zero-order valence-electron chi connectivity index (χ0n) is 8.67. The van der Waals surface area contributed by atoms with Crippen molar-refractivity contribution in [3.05, 3.63) is 12.7 Å². The van der Waals surface area contributed by atoms with Crippen LogP contribution in [0.2, 0.25) is 0 Å². The average molecular weight is 199 g/mol. The van der Waals surface area contributed by atoms with E-state index in [-0.39, 0.29) is 18.7 Å². The first kappa shape index (κ1) is 12.7. The third kappa shape index (κ3) is 6.22. The number of hydrogen-bond acceptors (Lipinski definition) is 2. The SMILES string of the molecule is C=CCC(=O)NC(C)(C)CCC(=O)O. The molecule has 0 saturated heterocycles. The van der Waals surface area contributed by atoms with Gasteiger partial charge in [0.1, 0.15) is 0 Å². The monoisotopic (exact) mass is 199 g/mol. The zero-order valence-corrected chi connectivity index (χ0v) is 8.67. The van der Waals surface area contributed by atoms with E-state index in [2.05, 4.69) is 11.9 Å². The molecule has 0 unspecified atom stereocenters. The minimum Gasteiger partial charge on any atom is -0.481 e. The Morgan fingerprint density at radius 2 is 2.07 bits per heavy atom. The van der Waals surface area contributed by atoms with Crippen molar-refractivity contribution in [2.24, 2.45) is 0 Å². The largest absolute Gasteiger partial charge is 0.481 e. The smallest absolute Gasteiger partial charge is 0.303 e. The third-order valence-electron chi connectivity index (χ3n) is 1.77. The zero-order chi connectivity index (χ0) is 11.2. The number of hydrogen-bond donors (Lipinski definition) is 2. The lowest BCUT2D eigenvalue weighted by Gasteiger charge is -2.25. The first-order valence-corrected chi connectivity index (χ1v) is 4.51. The number of carboxylic acid groups (broad SMARTS) is 1. The molecule has 1 amide bonds. The van der Waals surface area contributed by atoms with Gasteiger partial charge in [-0.1, -0.05) is 6.08 Å². The lowest BCUT2D eigenvalue weighted by Crippen LogP contribution is -2.43. The van der Waals surface area contributed by atoms with Crippen LogP contribution in [0.15, 0.2) is 12.7 Å². The normalized spacial score (nSPS) is 10.7. The predicted molar refractivity (Wildman–Crippen MR) is 53.9 cm³/mol. The van der Waals surface area contributed by atoms with E-state index in [0.717, 1.165) is 0 Å². The van der Waals surface area contributed by atoms with E-state index < -0.39 is 11.5 Å². The van der Waals surface area contributed by atoms with Gasteiger partial charge in [-0.05, 0) is 20.3 Å². The van der Waals surface area contributed by atoms with Crippen LogP contribution in [0.25, 0.3) is 0 Å². The maximum atomic E-state index is 11.2. The van der Waals surface area contributed by atoms with Crippen molar-refractivity contribution < 1.29 is 14.7 Å². The molecule has 80 valence electrons. The average Bonchev–Trinajstić information content (AvgIpc) is 2.00. The van der Waals surface area contributed by atoms with Crippen LogP contribution in [0.5, 0.6) is 0 Å². The van der Waals surface area contributed by atoms with Crippen LogP contribution in [0, 0.1) is 0 Å². The molecule has 0 atom stereocenters. The standard InChI is InChI=1S/C10H17NO3/c1-4-5-8(12)11-10(2,3)7-6-9(13)14/h4H,1,5-7H2,2-3H3,(H,11,12)(H,13,14). The fourth-order valence-corrected chi connectivity index (χ4v) is 1.04. The van der Waals surface area contributed by atoms with Crippen molar-refractivity contribution in [2.45, 2.75) is 38.6 Å². The molecule has 0 saturated carbocycles. The first-order valence-electron chi connectivity index (χ1n) is 4.51. The third-order valence-corrected chi connectivity index (χ3v) is 1.77. The van der Waals surface area contributed by atoms with E-state index in [9.17, 15) is 9.59 Å². The van der Waals surface area contributed by atoms with E-state index in [1.165, 1.54) is 6.08 Å². The summed E-state index contributed by atoms with van der Waals surface area (Å²) in [5.41, 5.74) is -0.474. The number of carbonyl (C=O) groups excluding carboxylic acids is 1. The molecule has 0 aromatic rings. The van der Waals surface area contributed by atoms with Crippen molar-refractivity contribution in [2.75, 3.05) is 0 Å². The van der Waals surface area contributed by atoms with Gasteiger partial charge >= 0.3 is 5.97 Å². The predicted octanol–water partition coefficient (Wildman–Crippen LogP) is 1.32. The van der Waals surface area contributed by atoms with Crippen LogP contribution < -0.4 is 5.32 Å².